The maximum atomic E-state index is 11.8. The van der Waals surface area contributed by atoms with Crippen LogP contribution < -0.4 is 0 Å². The minimum atomic E-state index is -3.81. The molecular weight excluding hydrogens is 291 g/mol. The topological polar surface area (TPSA) is 90.2 Å². The van der Waals surface area contributed by atoms with Gasteiger partial charge in [-0.05, 0) is 6.42 Å². The van der Waals surface area contributed by atoms with E-state index < -0.39 is 25.5 Å². The van der Waals surface area contributed by atoms with Crippen molar-refractivity contribution in [1.82, 2.24) is 4.98 Å². The average molecular weight is 299 g/mol. The Balaban J connectivity index is 3.26. The van der Waals surface area contributed by atoms with E-state index in [1.165, 1.54) is 0 Å². The second-order valence-corrected chi connectivity index (χ2v) is 5.94. The fourth-order valence-electron chi connectivity index (χ4n) is 1.13. The second-order valence-electron chi connectivity index (χ2n) is 3.10. The van der Waals surface area contributed by atoms with E-state index in [2.05, 4.69) is 4.98 Å². The van der Waals surface area contributed by atoms with Gasteiger partial charge >= 0.3 is 5.69 Å². The Kier molecular flexibility index (Phi) is 4.67. The number of nitro groups is 1. The molecule has 1 aromatic rings. The van der Waals surface area contributed by atoms with Crippen LogP contribution in [0.1, 0.15) is 6.42 Å². The second kappa shape index (κ2) is 5.61. The van der Waals surface area contributed by atoms with Crippen LogP contribution in [-0.2, 0) is 9.84 Å². The molecule has 0 aliphatic heterocycles. The SMILES string of the molecule is O=[N+]([O-])c1cc(Cl)cnc1S(=O)(=O)CCCCl. The standard InChI is InChI=1S/C8H8Cl2N2O4S/c9-2-1-3-17(15,16)8-7(12(13)14)4-6(10)5-11-8/h4-5H,1-3H2. The number of aromatic nitrogens is 1. The summed E-state index contributed by atoms with van der Waals surface area (Å²) in [4.78, 5) is 13.4. The first-order chi connectivity index (χ1) is 7.88. The van der Waals surface area contributed by atoms with E-state index in [0.717, 1.165) is 12.3 Å². The van der Waals surface area contributed by atoms with E-state index in [4.69, 9.17) is 23.2 Å². The maximum Gasteiger partial charge on any atom is 0.308 e. The third kappa shape index (κ3) is 3.52. The molecule has 0 radical (unpaired) electrons. The van der Waals surface area contributed by atoms with Crippen LogP contribution in [0, 0.1) is 10.1 Å². The maximum absolute atomic E-state index is 11.8. The molecule has 0 aliphatic rings. The number of rotatable bonds is 5. The van der Waals surface area contributed by atoms with Crippen LogP contribution >= 0.6 is 23.2 Å². The number of nitrogens with zero attached hydrogens (tertiary/aromatic N) is 2. The lowest BCUT2D eigenvalue weighted by Gasteiger charge is -2.03. The fourth-order valence-corrected chi connectivity index (χ4v) is 2.96. The molecule has 9 heteroatoms. The van der Waals surface area contributed by atoms with Gasteiger partial charge < -0.3 is 0 Å². The Morgan fingerprint density at radius 1 is 1.47 bits per heavy atom. The number of hydrogen-bond donors (Lipinski definition) is 0. The molecule has 0 N–H and O–H groups in total. The Morgan fingerprint density at radius 3 is 2.65 bits per heavy atom. The summed E-state index contributed by atoms with van der Waals surface area (Å²) in [6.07, 6.45) is 1.26. The molecule has 0 aliphatic carbocycles. The summed E-state index contributed by atoms with van der Waals surface area (Å²) in [5.41, 5.74) is -0.618. The number of sulfone groups is 1. The first-order valence-corrected chi connectivity index (χ1v) is 7.03. The minimum Gasteiger partial charge on any atom is -0.258 e. The van der Waals surface area contributed by atoms with Crippen molar-refractivity contribution in [1.29, 1.82) is 0 Å². The highest BCUT2D eigenvalue weighted by atomic mass is 35.5. The van der Waals surface area contributed by atoms with Crippen LogP contribution in [0.25, 0.3) is 0 Å². The van der Waals surface area contributed by atoms with Crippen LogP contribution in [0.5, 0.6) is 0 Å². The Morgan fingerprint density at radius 2 is 2.12 bits per heavy atom. The Hall–Kier alpha value is -0.920. The van der Waals surface area contributed by atoms with Gasteiger partial charge in [0.25, 0.3) is 0 Å². The predicted octanol–water partition coefficient (Wildman–Crippen LogP) is 2.05. The van der Waals surface area contributed by atoms with E-state index in [1.54, 1.807) is 0 Å². The van der Waals surface area contributed by atoms with Crippen molar-refractivity contribution < 1.29 is 13.3 Å². The number of alkyl halides is 1. The molecule has 0 saturated carbocycles. The largest absolute Gasteiger partial charge is 0.308 e. The average Bonchev–Trinajstić information content (AvgIpc) is 2.26. The van der Waals surface area contributed by atoms with Gasteiger partial charge in [0.1, 0.15) is 0 Å². The molecule has 0 amide bonds. The zero-order chi connectivity index (χ0) is 13.1. The molecule has 0 atom stereocenters. The van der Waals surface area contributed by atoms with Gasteiger partial charge in [0, 0.05) is 18.1 Å². The van der Waals surface area contributed by atoms with E-state index in [1.807, 2.05) is 0 Å². The highest BCUT2D eigenvalue weighted by Crippen LogP contribution is 2.25. The quantitative estimate of drug-likeness (QED) is 0.471. The monoisotopic (exact) mass is 298 g/mol. The van der Waals surface area contributed by atoms with Crippen LogP contribution in [0.4, 0.5) is 5.69 Å². The van der Waals surface area contributed by atoms with Gasteiger partial charge in [-0.1, -0.05) is 11.6 Å². The minimum absolute atomic E-state index is 0.00740. The zero-order valence-corrected chi connectivity index (χ0v) is 10.8. The zero-order valence-electron chi connectivity index (χ0n) is 8.47. The van der Waals surface area contributed by atoms with Crippen LogP contribution in [-0.4, -0.2) is 30.0 Å². The third-order valence-corrected chi connectivity index (χ3v) is 4.04. The van der Waals surface area contributed by atoms with Gasteiger partial charge in [-0.3, -0.25) is 10.1 Å². The van der Waals surface area contributed by atoms with Crippen molar-refractivity contribution in [2.45, 2.75) is 11.4 Å². The molecular formula is C8H8Cl2N2O4S. The fraction of sp³-hybridized carbons (Fsp3) is 0.375. The predicted molar refractivity (Wildman–Crippen MR) is 63.3 cm³/mol. The van der Waals surface area contributed by atoms with Gasteiger partial charge in [0.15, 0.2) is 0 Å². The Bertz CT molecular complexity index is 532. The lowest BCUT2D eigenvalue weighted by molar-refractivity contribution is -0.388. The molecule has 0 saturated heterocycles. The van der Waals surface area contributed by atoms with Gasteiger partial charge in [-0.15, -0.1) is 11.6 Å². The Labute approximate surface area is 108 Å². The molecule has 0 fully saturated rings. The van der Waals surface area contributed by atoms with Crippen molar-refractivity contribution in [3.8, 4) is 0 Å². The molecule has 0 bridgehead atoms. The van der Waals surface area contributed by atoms with Gasteiger partial charge in [0.05, 0.1) is 15.7 Å². The van der Waals surface area contributed by atoms with Crippen LogP contribution in [0.3, 0.4) is 0 Å². The molecule has 17 heavy (non-hydrogen) atoms. The summed E-state index contributed by atoms with van der Waals surface area (Å²) >= 11 is 10.9. The lowest BCUT2D eigenvalue weighted by atomic mass is 10.4. The molecule has 1 heterocycles. The van der Waals surface area contributed by atoms with E-state index in [0.29, 0.717) is 0 Å². The molecule has 94 valence electrons. The summed E-state index contributed by atoms with van der Waals surface area (Å²) < 4.78 is 23.5. The van der Waals surface area contributed by atoms with E-state index in [9.17, 15) is 18.5 Å². The smallest absolute Gasteiger partial charge is 0.258 e. The highest BCUT2D eigenvalue weighted by Gasteiger charge is 2.27. The molecule has 1 rings (SSSR count). The summed E-state index contributed by atoms with van der Waals surface area (Å²) in [5, 5.41) is 10.1. The summed E-state index contributed by atoms with van der Waals surface area (Å²) in [5.74, 6) is -0.132. The normalized spacial score (nSPS) is 11.4. The van der Waals surface area contributed by atoms with Gasteiger partial charge in [-0.25, -0.2) is 13.4 Å². The van der Waals surface area contributed by atoms with Crippen molar-refractivity contribution in [2.75, 3.05) is 11.6 Å². The van der Waals surface area contributed by atoms with Crippen molar-refractivity contribution in [3.05, 3.63) is 27.4 Å². The third-order valence-electron chi connectivity index (χ3n) is 1.84. The summed E-state index contributed by atoms with van der Waals surface area (Å²) in [6, 6.07) is 0.960. The van der Waals surface area contributed by atoms with Gasteiger partial charge in [-0.2, -0.15) is 0 Å². The highest BCUT2D eigenvalue weighted by molar-refractivity contribution is 7.91. The molecule has 0 unspecified atom stereocenters. The molecule has 1 aromatic heterocycles. The first kappa shape index (κ1) is 14.1. The van der Waals surface area contributed by atoms with Crippen molar-refractivity contribution >= 4 is 38.7 Å². The first-order valence-electron chi connectivity index (χ1n) is 4.47. The number of pyridine rings is 1. The molecule has 6 nitrogen and oxygen atoms in total. The molecule has 0 aromatic carbocycles. The number of halogens is 2. The number of hydrogen-bond acceptors (Lipinski definition) is 5. The molecule has 0 spiro atoms. The van der Waals surface area contributed by atoms with E-state index in [-0.39, 0.29) is 23.1 Å². The van der Waals surface area contributed by atoms with Crippen LogP contribution in [0.2, 0.25) is 5.02 Å². The van der Waals surface area contributed by atoms with Crippen LogP contribution in [0.15, 0.2) is 17.3 Å². The lowest BCUT2D eigenvalue weighted by Crippen LogP contribution is -2.11. The van der Waals surface area contributed by atoms with E-state index >= 15 is 0 Å². The summed E-state index contributed by atoms with van der Waals surface area (Å²) in [6.45, 7) is 0. The van der Waals surface area contributed by atoms with Crippen molar-refractivity contribution in [3.63, 3.8) is 0 Å². The van der Waals surface area contributed by atoms with Gasteiger partial charge in [0.2, 0.25) is 14.9 Å². The summed E-state index contributed by atoms with van der Waals surface area (Å²) in [7, 11) is -3.81. The van der Waals surface area contributed by atoms with Crippen molar-refractivity contribution in [2.24, 2.45) is 0 Å².